The van der Waals surface area contributed by atoms with Gasteiger partial charge in [0.15, 0.2) is 0 Å². The number of piperidine rings is 1. The second-order valence-electron chi connectivity index (χ2n) is 4.09. The number of rotatable bonds is 2. The van der Waals surface area contributed by atoms with Gasteiger partial charge in [-0.15, -0.1) is 0 Å². The fourth-order valence-corrected chi connectivity index (χ4v) is 1.85. The second-order valence-corrected chi connectivity index (χ2v) is 4.09. The lowest BCUT2D eigenvalue weighted by Gasteiger charge is -2.31. The molecule has 1 aliphatic heterocycles. The molecule has 0 saturated carbocycles. The molecule has 1 N–H and O–H groups in total. The highest BCUT2D eigenvalue weighted by Gasteiger charge is 2.20. The highest BCUT2D eigenvalue weighted by atomic mass is 14.9. The molecule has 0 aromatic carbocycles. The lowest BCUT2D eigenvalue weighted by atomic mass is 9.86. The van der Waals surface area contributed by atoms with E-state index in [1.165, 1.54) is 25.8 Å². The van der Waals surface area contributed by atoms with Gasteiger partial charge in [0.2, 0.25) is 0 Å². The highest BCUT2D eigenvalue weighted by molar-refractivity contribution is 4.78. The van der Waals surface area contributed by atoms with Crippen molar-refractivity contribution in [2.24, 2.45) is 11.8 Å². The maximum atomic E-state index is 3.60. The molecule has 1 nitrogen and oxygen atoms in total. The Bertz CT molecular complexity index is 101. The normalized spacial score (nSPS) is 32.7. The van der Waals surface area contributed by atoms with Gasteiger partial charge in [-0.25, -0.2) is 0 Å². The van der Waals surface area contributed by atoms with Crippen LogP contribution in [0.25, 0.3) is 0 Å². The maximum Gasteiger partial charge on any atom is 0.00646 e. The standard InChI is InChI=1S/C10H21N/c1-4-10-6-5-9(7-11-10)8(2)3/h8-11H,4-7H2,1-3H3/t9?,10-/m0/s1. The van der Waals surface area contributed by atoms with Crippen LogP contribution in [0.1, 0.15) is 40.0 Å². The highest BCUT2D eigenvalue weighted by Crippen LogP contribution is 2.22. The van der Waals surface area contributed by atoms with Gasteiger partial charge < -0.3 is 5.32 Å². The molecule has 1 unspecified atom stereocenters. The first-order valence-electron chi connectivity index (χ1n) is 4.97. The molecule has 1 fully saturated rings. The number of hydrogen-bond donors (Lipinski definition) is 1. The molecule has 0 radical (unpaired) electrons. The molecule has 1 aliphatic rings. The predicted octanol–water partition coefficient (Wildman–Crippen LogP) is 2.42. The minimum Gasteiger partial charge on any atom is -0.314 e. The van der Waals surface area contributed by atoms with Crippen molar-refractivity contribution in [1.29, 1.82) is 0 Å². The molecule has 0 bridgehead atoms. The molecule has 0 aliphatic carbocycles. The Morgan fingerprint density at radius 2 is 2.09 bits per heavy atom. The van der Waals surface area contributed by atoms with Crippen molar-refractivity contribution in [2.75, 3.05) is 6.54 Å². The zero-order valence-corrected chi connectivity index (χ0v) is 8.06. The smallest absolute Gasteiger partial charge is 0.00646 e. The molecular weight excluding hydrogens is 134 g/mol. The summed E-state index contributed by atoms with van der Waals surface area (Å²) in [5.74, 6) is 1.79. The topological polar surface area (TPSA) is 12.0 Å². The lowest BCUT2D eigenvalue weighted by molar-refractivity contribution is 0.250. The van der Waals surface area contributed by atoms with Crippen molar-refractivity contribution in [2.45, 2.75) is 46.1 Å². The van der Waals surface area contributed by atoms with Gasteiger partial charge >= 0.3 is 0 Å². The van der Waals surface area contributed by atoms with E-state index in [1.807, 2.05) is 0 Å². The van der Waals surface area contributed by atoms with E-state index < -0.39 is 0 Å². The van der Waals surface area contributed by atoms with Gasteiger partial charge in [0.05, 0.1) is 0 Å². The first-order valence-corrected chi connectivity index (χ1v) is 4.97. The van der Waals surface area contributed by atoms with Crippen LogP contribution < -0.4 is 5.32 Å². The van der Waals surface area contributed by atoms with Gasteiger partial charge in [0, 0.05) is 6.04 Å². The molecule has 0 aromatic rings. The van der Waals surface area contributed by atoms with Crippen LogP contribution >= 0.6 is 0 Å². The third-order valence-corrected chi connectivity index (χ3v) is 2.99. The Morgan fingerprint density at radius 3 is 2.45 bits per heavy atom. The summed E-state index contributed by atoms with van der Waals surface area (Å²) >= 11 is 0. The minimum atomic E-state index is 0.810. The molecule has 66 valence electrons. The Balaban J connectivity index is 2.24. The van der Waals surface area contributed by atoms with Crippen molar-refractivity contribution >= 4 is 0 Å². The van der Waals surface area contributed by atoms with Crippen molar-refractivity contribution in [3.05, 3.63) is 0 Å². The number of nitrogens with one attached hydrogen (secondary N) is 1. The average Bonchev–Trinajstić information content (AvgIpc) is 2.05. The van der Waals surface area contributed by atoms with E-state index in [0.717, 1.165) is 17.9 Å². The van der Waals surface area contributed by atoms with E-state index in [0.29, 0.717) is 0 Å². The summed E-state index contributed by atoms with van der Waals surface area (Å²) in [6, 6.07) is 0.810. The van der Waals surface area contributed by atoms with E-state index in [2.05, 4.69) is 26.1 Å². The van der Waals surface area contributed by atoms with E-state index in [1.54, 1.807) is 0 Å². The zero-order valence-electron chi connectivity index (χ0n) is 8.06. The van der Waals surface area contributed by atoms with Crippen molar-refractivity contribution < 1.29 is 0 Å². The van der Waals surface area contributed by atoms with E-state index in [4.69, 9.17) is 0 Å². The second kappa shape index (κ2) is 4.10. The van der Waals surface area contributed by atoms with Crippen LogP contribution in [0.2, 0.25) is 0 Å². The Kier molecular flexibility index (Phi) is 3.38. The van der Waals surface area contributed by atoms with Crippen LogP contribution in [0.4, 0.5) is 0 Å². The van der Waals surface area contributed by atoms with Crippen molar-refractivity contribution in [1.82, 2.24) is 5.32 Å². The average molecular weight is 155 g/mol. The van der Waals surface area contributed by atoms with Crippen LogP contribution in [-0.2, 0) is 0 Å². The molecule has 2 atom stereocenters. The first kappa shape index (κ1) is 9.05. The molecule has 1 saturated heterocycles. The monoisotopic (exact) mass is 155 g/mol. The molecule has 0 amide bonds. The van der Waals surface area contributed by atoms with Crippen molar-refractivity contribution in [3.8, 4) is 0 Å². The summed E-state index contributed by atoms with van der Waals surface area (Å²) in [7, 11) is 0. The molecule has 0 aromatic heterocycles. The van der Waals surface area contributed by atoms with E-state index in [-0.39, 0.29) is 0 Å². The van der Waals surface area contributed by atoms with Gasteiger partial charge in [-0.05, 0) is 37.6 Å². The van der Waals surface area contributed by atoms with Crippen LogP contribution in [0, 0.1) is 11.8 Å². The predicted molar refractivity (Wildman–Crippen MR) is 49.6 cm³/mol. The number of hydrogen-bond acceptors (Lipinski definition) is 1. The van der Waals surface area contributed by atoms with E-state index >= 15 is 0 Å². The van der Waals surface area contributed by atoms with Gasteiger partial charge in [-0.2, -0.15) is 0 Å². The SMILES string of the molecule is CC[C@H]1CCC(C(C)C)CN1. The van der Waals surface area contributed by atoms with Gasteiger partial charge in [0.1, 0.15) is 0 Å². The lowest BCUT2D eigenvalue weighted by Crippen LogP contribution is -2.40. The molecule has 1 rings (SSSR count). The van der Waals surface area contributed by atoms with Gasteiger partial charge in [-0.1, -0.05) is 20.8 Å². The Morgan fingerprint density at radius 1 is 1.36 bits per heavy atom. The summed E-state index contributed by atoms with van der Waals surface area (Å²) in [5.41, 5.74) is 0. The minimum absolute atomic E-state index is 0.810. The molecular formula is C10H21N. The summed E-state index contributed by atoms with van der Waals surface area (Å²) in [6.45, 7) is 8.18. The third-order valence-electron chi connectivity index (χ3n) is 2.99. The quantitative estimate of drug-likeness (QED) is 0.645. The van der Waals surface area contributed by atoms with Crippen LogP contribution in [0.5, 0.6) is 0 Å². The molecule has 1 heteroatoms. The first-order chi connectivity index (χ1) is 5.24. The summed E-state index contributed by atoms with van der Waals surface area (Å²) in [4.78, 5) is 0. The molecule has 1 heterocycles. The summed E-state index contributed by atoms with van der Waals surface area (Å²) in [5, 5.41) is 3.60. The van der Waals surface area contributed by atoms with Gasteiger partial charge in [0.25, 0.3) is 0 Å². The summed E-state index contributed by atoms with van der Waals surface area (Å²) in [6.07, 6.45) is 4.12. The Hall–Kier alpha value is -0.0400. The van der Waals surface area contributed by atoms with Gasteiger partial charge in [-0.3, -0.25) is 0 Å². The van der Waals surface area contributed by atoms with E-state index in [9.17, 15) is 0 Å². The molecule has 11 heavy (non-hydrogen) atoms. The van der Waals surface area contributed by atoms with Crippen molar-refractivity contribution in [3.63, 3.8) is 0 Å². The van der Waals surface area contributed by atoms with Crippen LogP contribution in [0.15, 0.2) is 0 Å². The fraction of sp³-hybridized carbons (Fsp3) is 1.00. The Labute approximate surface area is 70.6 Å². The maximum absolute atomic E-state index is 3.60. The van der Waals surface area contributed by atoms with Crippen LogP contribution in [-0.4, -0.2) is 12.6 Å². The largest absolute Gasteiger partial charge is 0.314 e. The zero-order chi connectivity index (χ0) is 8.27. The third kappa shape index (κ3) is 2.48. The fourth-order valence-electron chi connectivity index (χ4n) is 1.85. The molecule has 0 spiro atoms. The summed E-state index contributed by atoms with van der Waals surface area (Å²) < 4.78 is 0. The van der Waals surface area contributed by atoms with Crippen LogP contribution in [0.3, 0.4) is 0 Å².